The maximum atomic E-state index is 10.3. The van der Waals surface area contributed by atoms with E-state index in [9.17, 15) is 5.11 Å². The third kappa shape index (κ3) is 3.58. The minimum absolute atomic E-state index is 0.119. The van der Waals surface area contributed by atoms with Gasteiger partial charge in [-0.3, -0.25) is 4.90 Å². The van der Waals surface area contributed by atoms with Crippen LogP contribution in [0.25, 0.3) is 0 Å². The Hall–Kier alpha value is -1.33. The second-order valence-electron chi connectivity index (χ2n) is 4.15. The lowest BCUT2D eigenvalue weighted by Gasteiger charge is -2.29. The van der Waals surface area contributed by atoms with Crippen molar-refractivity contribution in [2.24, 2.45) is 5.73 Å². The first-order valence-corrected chi connectivity index (χ1v) is 6.95. The molecule has 0 aliphatic rings. The van der Waals surface area contributed by atoms with Gasteiger partial charge in [-0.1, -0.05) is 38.2 Å². The number of phenols is 1. The van der Waals surface area contributed by atoms with Crippen molar-refractivity contribution in [2.45, 2.75) is 26.8 Å². The summed E-state index contributed by atoms with van der Waals surface area (Å²) in [5, 5.41) is 10.3. The number of benzene rings is 1. The van der Waals surface area contributed by atoms with Crippen LogP contribution in [0.4, 0.5) is 0 Å². The van der Waals surface area contributed by atoms with Crippen LogP contribution in [0, 0.1) is 0 Å². The number of likely N-dealkylation sites (N-methyl/N-ethyl adjacent to an activating group) is 1. The number of hydrogen-bond donors (Lipinski definition) is 2. The Bertz CT molecular complexity index is 433. The molecule has 3 N–H and O–H groups in total. The van der Waals surface area contributed by atoms with Gasteiger partial charge < -0.3 is 15.6 Å². The SMILES string of the molecule is CCOc1cccc(C(C(N)=S)N(CC)CC)c1O. The molecule has 1 unspecified atom stereocenters. The molecule has 0 bridgehead atoms. The van der Waals surface area contributed by atoms with Gasteiger partial charge in [-0.2, -0.15) is 0 Å². The first kappa shape index (κ1) is 15.7. The molecule has 0 saturated heterocycles. The molecular weight excluding hydrogens is 260 g/mol. The minimum atomic E-state index is -0.273. The van der Waals surface area contributed by atoms with E-state index in [0.29, 0.717) is 22.9 Å². The third-order valence-corrected chi connectivity index (χ3v) is 3.29. The number of thiocarbonyl (C=S) groups is 1. The highest BCUT2D eigenvalue weighted by Crippen LogP contribution is 2.36. The van der Waals surface area contributed by atoms with Crippen LogP contribution in [-0.4, -0.2) is 34.7 Å². The van der Waals surface area contributed by atoms with Crippen LogP contribution in [0.5, 0.6) is 11.5 Å². The summed E-state index contributed by atoms with van der Waals surface area (Å²) >= 11 is 5.16. The predicted octanol–water partition coefficient (Wildman–Crippen LogP) is 2.46. The molecule has 0 saturated carbocycles. The average molecular weight is 282 g/mol. The quantitative estimate of drug-likeness (QED) is 0.752. The van der Waals surface area contributed by atoms with E-state index in [0.717, 1.165) is 13.1 Å². The van der Waals surface area contributed by atoms with E-state index < -0.39 is 0 Å². The molecule has 5 heteroatoms. The summed E-state index contributed by atoms with van der Waals surface area (Å²) in [7, 11) is 0. The lowest BCUT2D eigenvalue weighted by atomic mass is 10.0. The van der Waals surface area contributed by atoms with Crippen LogP contribution in [0.3, 0.4) is 0 Å². The summed E-state index contributed by atoms with van der Waals surface area (Å²) in [5.41, 5.74) is 6.55. The van der Waals surface area contributed by atoms with Gasteiger partial charge in [0.1, 0.15) is 0 Å². The molecule has 19 heavy (non-hydrogen) atoms. The molecule has 0 fully saturated rings. The molecule has 0 spiro atoms. The zero-order valence-electron chi connectivity index (χ0n) is 11.7. The number of nitrogens with zero attached hydrogens (tertiary/aromatic N) is 1. The molecule has 0 radical (unpaired) electrons. The minimum Gasteiger partial charge on any atom is -0.504 e. The van der Waals surface area contributed by atoms with Crippen molar-refractivity contribution in [3.05, 3.63) is 23.8 Å². The van der Waals surface area contributed by atoms with E-state index in [-0.39, 0.29) is 11.8 Å². The van der Waals surface area contributed by atoms with Gasteiger partial charge in [0.25, 0.3) is 0 Å². The second-order valence-corrected chi connectivity index (χ2v) is 4.62. The van der Waals surface area contributed by atoms with E-state index in [1.807, 2.05) is 32.9 Å². The first-order valence-electron chi connectivity index (χ1n) is 6.54. The zero-order chi connectivity index (χ0) is 14.4. The van der Waals surface area contributed by atoms with Gasteiger partial charge in [-0.25, -0.2) is 0 Å². The summed E-state index contributed by atoms with van der Waals surface area (Å²) in [6, 6.07) is 5.14. The topological polar surface area (TPSA) is 58.7 Å². The van der Waals surface area contributed by atoms with Crippen LogP contribution in [-0.2, 0) is 0 Å². The smallest absolute Gasteiger partial charge is 0.162 e. The van der Waals surface area contributed by atoms with Crippen molar-refractivity contribution in [3.63, 3.8) is 0 Å². The average Bonchev–Trinajstić information content (AvgIpc) is 2.39. The van der Waals surface area contributed by atoms with E-state index in [4.69, 9.17) is 22.7 Å². The van der Waals surface area contributed by atoms with Crippen LogP contribution >= 0.6 is 12.2 Å². The highest BCUT2D eigenvalue weighted by atomic mass is 32.1. The van der Waals surface area contributed by atoms with Gasteiger partial charge in [0.05, 0.1) is 17.6 Å². The monoisotopic (exact) mass is 282 g/mol. The van der Waals surface area contributed by atoms with Gasteiger partial charge in [0.2, 0.25) is 0 Å². The Balaban J connectivity index is 3.23. The summed E-state index contributed by atoms with van der Waals surface area (Å²) < 4.78 is 5.40. The Labute approximate surface area is 120 Å². The maximum Gasteiger partial charge on any atom is 0.162 e. The van der Waals surface area contributed by atoms with Crippen molar-refractivity contribution in [1.29, 1.82) is 0 Å². The van der Waals surface area contributed by atoms with Gasteiger partial charge in [0, 0.05) is 5.56 Å². The number of phenolic OH excluding ortho intramolecular Hbond substituents is 1. The van der Waals surface area contributed by atoms with Crippen molar-refractivity contribution in [2.75, 3.05) is 19.7 Å². The van der Waals surface area contributed by atoms with Crippen molar-refractivity contribution < 1.29 is 9.84 Å². The maximum absolute atomic E-state index is 10.3. The fourth-order valence-corrected chi connectivity index (χ4v) is 2.43. The molecule has 0 aliphatic carbocycles. The number of para-hydroxylation sites is 1. The number of aromatic hydroxyl groups is 1. The van der Waals surface area contributed by atoms with Crippen molar-refractivity contribution >= 4 is 17.2 Å². The van der Waals surface area contributed by atoms with E-state index in [2.05, 4.69) is 4.90 Å². The normalized spacial score (nSPS) is 12.4. The van der Waals surface area contributed by atoms with Gasteiger partial charge in [0.15, 0.2) is 11.5 Å². The molecule has 0 aliphatic heterocycles. The molecule has 1 aromatic carbocycles. The Kier molecular flexibility index (Phi) is 6.05. The summed E-state index contributed by atoms with van der Waals surface area (Å²) in [6.45, 7) is 8.06. The second kappa shape index (κ2) is 7.31. The molecule has 0 heterocycles. The number of rotatable bonds is 7. The summed E-state index contributed by atoms with van der Waals surface area (Å²) in [5.74, 6) is 0.586. The Morgan fingerprint density at radius 2 is 2.00 bits per heavy atom. The summed E-state index contributed by atoms with van der Waals surface area (Å²) in [6.07, 6.45) is 0. The van der Waals surface area contributed by atoms with E-state index in [1.165, 1.54) is 0 Å². The molecule has 1 aromatic rings. The Morgan fingerprint density at radius 1 is 1.37 bits per heavy atom. The predicted molar refractivity (Wildman–Crippen MR) is 81.7 cm³/mol. The first-order chi connectivity index (χ1) is 9.06. The lowest BCUT2D eigenvalue weighted by molar-refractivity contribution is 0.263. The van der Waals surface area contributed by atoms with Crippen LogP contribution < -0.4 is 10.5 Å². The fraction of sp³-hybridized carbons (Fsp3) is 0.500. The van der Waals surface area contributed by atoms with Crippen molar-refractivity contribution in [1.82, 2.24) is 4.90 Å². The number of nitrogens with two attached hydrogens (primary N) is 1. The standard InChI is InChI=1S/C14H22N2O2S/c1-4-16(5-2)12(14(15)19)10-8-7-9-11(13(10)17)18-6-3/h7-9,12,17H,4-6H2,1-3H3,(H2,15,19). The molecule has 0 amide bonds. The van der Waals surface area contributed by atoms with E-state index >= 15 is 0 Å². The van der Waals surface area contributed by atoms with Crippen molar-refractivity contribution in [3.8, 4) is 11.5 Å². The Morgan fingerprint density at radius 3 is 2.47 bits per heavy atom. The van der Waals surface area contributed by atoms with Gasteiger partial charge >= 0.3 is 0 Å². The van der Waals surface area contributed by atoms with Crippen LogP contribution in [0.2, 0.25) is 0 Å². The lowest BCUT2D eigenvalue weighted by Crippen LogP contribution is -2.36. The molecular formula is C14H22N2O2S. The number of hydrogen-bond acceptors (Lipinski definition) is 4. The third-order valence-electron chi connectivity index (χ3n) is 3.07. The molecule has 4 nitrogen and oxygen atoms in total. The zero-order valence-corrected chi connectivity index (χ0v) is 12.5. The fourth-order valence-electron chi connectivity index (χ4n) is 2.15. The largest absolute Gasteiger partial charge is 0.504 e. The van der Waals surface area contributed by atoms with E-state index in [1.54, 1.807) is 6.07 Å². The summed E-state index contributed by atoms with van der Waals surface area (Å²) in [4.78, 5) is 2.46. The van der Waals surface area contributed by atoms with Gasteiger partial charge in [-0.05, 0) is 26.1 Å². The molecule has 106 valence electrons. The van der Waals surface area contributed by atoms with Crippen LogP contribution in [0.15, 0.2) is 18.2 Å². The molecule has 0 aromatic heterocycles. The highest BCUT2D eigenvalue weighted by Gasteiger charge is 2.25. The van der Waals surface area contributed by atoms with Crippen LogP contribution in [0.1, 0.15) is 32.4 Å². The molecule has 1 atom stereocenters. The number of ether oxygens (including phenoxy) is 1. The highest BCUT2D eigenvalue weighted by molar-refractivity contribution is 7.80. The van der Waals surface area contributed by atoms with Gasteiger partial charge in [-0.15, -0.1) is 0 Å². The molecule has 1 rings (SSSR count).